The number of aromatic nitrogens is 3. The molecule has 184 valence electrons. The highest BCUT2D eigenvalue weighted by molar-refractivity contribution is 6.34. The molecule has 11 heteroatoms. The molecule has 10 nitrogen and oxygen atoms in total. The van der Waals surface area contributed by atoms with Crippen LogP contribution in [0.25, 0.3) is 22.2 Å². The number of nitrogen functional groups attached to an aromatic ring is 1. The van der Waals surface area contributed by atoms with E-state index in [9.17, 15) is 19.2 Å². The molecule has 2 heterocycles. The molecular weight excluding hydrogens is 486 g/mol. The lowest BCUT2D eigenvalue weighted by molar-refractivity contribution is 0.0526. The monoisotopic (exact) mass is 507 g/mol. The highest BCUT2D eigenvalue weighted by Gasteiger charge is 2.26. The summed E-state index contributed by atoms with van der Waals surface area (Å²) in [6.07, 6.45) is 0. The maximum Gasteiger partial charge on any atom is 0.338 e. The van der Waals surface area contributed by atoms with Crippen LogP contribution in [0.4, 0.5) is 11.5 Å². The summed E-state index contributed by atoms with van der Waals surface area (Å²) in [4.78, 5) is 55.4. The van der Waals surface area contributed by atoms with Crippen LogP contribution in [0.3, 0.4) is 0 Å². The first-order chi connectivity index (χ1) is 17.1. The van der Waals surface area contributed by atoms with Gasteiger partial charge in [0.05, 0.1) is 23.1 Å². The molecule has 0 aliphatic heterocycles. The number of nitrogens with two attached hydrogens (primary N) is 1. The van der Waals surface area contributed by atoms with Gasteiger partial charge in [0.25, 0.3) is 11.5 Å². The molecule has 1 amide bonds. The van der Waals surface area contributed by atoms with Gasteiger partial charge in [-0.05, 0) is 37.3 Å². The van der Waals surface area contributed by atoms with Crippen LogP contribution in [0.1, 0.15) is 27.6 Å². The summed E-state index contributed by atoms with van der Waals surface area (Å²) >= 11 is 6.47. The zero-order valence-electron chi connectivity index (χ0n) is 19.7. The van der Waals surface area contributed by atoms with Crippen LogP contribution in [0.15, 0.2) is 58.1 Å². The van der Waals surface area contributed by atoms with Crippen LogP contribution in [0.2, 0.25) is 5.02 Å². The molecule has 0 saturated heterocycles. The van der Waals surface area contributed by atoms with E-state index in [4.69, 9.17) is 22.1 Å². The van der Waals surface area contributed by atoms with Crippen molar-refractivity contribution in [2.24, 2.45) is 14.1 Å². The predicted molar refractivity (Wildman–Crippen MR) is 137 cm³/mol. The van der Waals surface area contributed by atoms with Crippen molar-refractivity contribution in [3.05, 3.63) is 85.5 Å². The Labute approximate surface area is 209 Å². The number of hydrogen-bond acceptors (Lipinski definition) is 7. The summed E-state index contributed by atoms with van der Waals surface area (Å²) in [5.74, 6) is -1.33. The third-order valence-electron chi connectivity index (χ3n) is 5.64. The van der Waals surface area contributed by atoms with Crippen LogP contribution >= 0.6 is 11.6 Å². The number of ether oxygens (including phenoxy) is 1. The standard InChI is InChI=1S/C25H22ClN5O5/c1-4-36-24(34)13-9-11-14(12-10-13)28-22(32)18-17(15-7-5-6-8-16(15)26)19-21(29-20(18)27)30(2)25(35)31(3)23(19)33/h5-12H,4H2,1-3H3,(H2,27,29)(H,28,32). The molecule has 0 atom stereocenters. The number of nitrogens with zero attached hydrogens (tertiary/aromatic N) is 3. The fraction of sp³-hybridized carbons (Fsp3) is 0.160. The SMILES string of the molecule is CCOC(=O)c1ccc(NC(=O)c2c(N)nc3c(c2-c2ccccc2Cl)c(=O)n(C)c(=O)n3C)cc1. The molecule has 0 bridgehead atoms. The van der Waals surface area contributed by atoms with Crippen LogP contribution < -0.4 is 22.3 Å². The molecule has 4 rings (SSSR count). The molecule has 0 aliphatic carbocycles. The molecule has 0 saturated carbocycles. The van der Waals surface area contributed by atoms with Crippen molar-refractivity contribution < 1.29 is 14.3 Å². The van der Waals surface area contributed by atoms with Gasteiger partial charge in [0.1, 0.15) is 5.82 Å². The fourth-order valence-corrected chi connectivity index (χ4v) is 4.10. The summed E-state index contributed by atoms with van der Waals surface area (Å²) < 4.78 is 7.08. The zero-order valence-corrected chi connectivity index (χ0v) is 20.4. The molecule has 0 radical (unpaired) electrons. The largest absolute Gasteiger partial charge is 0.462 e. The maximum atomic E-state index is 13.5. The van der Waals surface area contributed by atoms with Crippen molar-refractivity contribution in [1.82, 2.24) is 14.1 Å². The van der Waals surface area contributed by atoms with E-state index in [1.165, 1.54) is 42.9 Å². The Hall–Kier alpha value is -4.44. The van der Waals surface area contributed by atoms with Gasteiger partial charge < -0.3 is 15.8 Å². The Morgan fingerprint density at radius 1 is 1.06 bits per heavy atom. The number of amides is 1. The molecular formula is C25H22ClN5O5. The molecule has 3 N–H and O–H groups in total. The van der Waals surface area contributed by atoms with E-state index in [-0.39, 0.29) is 39.6 Å². The highest BCUT2D eigenvalue weighted by Crippen LogP contribution is 2.36. The lowest BCUT2D eigenvalue weighted by Gasteiger charge is -2.17. The minimum absolute atomic E-state index is 0.0182. The number of carbonyl (C=O) groups is 2. The Balaban J connectivity index is 1.93. The van der Waals surface area contributed by atoms with Crippen LogP contribution in [0.5, 0.6) is 0 Å². The number of pyridine rings is 1. The number of halogens is 1. The number of fused-ring (bicyclic) bond motifs is 1. The second kappa shape index (κ2) is 9.67. The van der Waals surface area contributed by atoms with E-state index in [0.717, 1.165) is 4.57 Å². The molecule has 0 aliphatic rings. The smallest absolute Gasteiger partial charge is 0.338 e. The first-order valence-corrected chi connectivity index (χ1v) is 11.3. The van der Waals surface area contributed by atoms with Crippen molar-refractivity contribution in [2.45, 2.75) is 6.92 Å². The molecule has 4 aromatic rings. The van der Waals surface area contributed by atoms with Gasteiger partial charge in [0.2, 0.25) is 0 Å². The van der Waals surface area contributed by atoms with Gasteiger partial charge in [-0.2, -0.15) is 0 Å². The second-order valence-electron chi connectivity index (χ2n) is 7.88. The first-order valence-electron chi connectivity index (χ1n) is 10.9. The van der Waals surface area contributed by atoms with Crippen molar-refractivity contribution >= 4 is 46.0 Å². The minimum atomic E-state index is -0.656. The van der Waals surface area contributed by atoms with Crippen LogP contribution in [-0.4, -0.2) is 32.6 Å². The minimum Gasteiger partial charge on any atom is -0.462 e. The van der Waals surface area contributed by atoms with Gasteiger partial charge in [-0.25, -0.2) is 14.6 Å². The molecule has 2 aromatic heterocycles. The van der Waals surface area contributed by atoms with Crippen molar-refractivity contribution in [1.29, 1.82) is 0 Å². The molecule has 0 spiro atoms. The number of carbonyl (C=O) groups excluding carboxylic acids is 2. The number of esters is 1. The van der Waals surface area contributed by atoms with E-state index < -0.39 is 23.1 Å². The molecule has 2 aromatic carbocycles. The Bertz CT molecular complexity index is 1640. The van der Waals surface area contributed by atoms with E-state index in [2.05, 4.69) is 10.3 Å². The van der Waals surface area contributed by atoms with Crippen molar-refractivity contribution in [3.8, 4) is 11.1 Å². The normalized spacial score (nSPS) is 10.9. The lowest BCUT2D eigenvalue weighted by Crippen LogP contribution is -2.38. The van der Waals surface area contributed by atoms with E-state index in [1.807, 2.05) is 0 Å². The van der Waals surface area contributed by atoms with Gasteiger partial charge in [-0.15, -0.1) is 0 Å². The van der Waals surface area contributed by atoms with Crippen molar-refractivity contribution in [3.63, 3.8) is 0 Å². The number of rotatable bonds is 5. The van der Waals surface area contributed by atoms with Gasteiger partial charge in [0, 0.05) is 35.9 Å². The van der Waals surface area contributed by atoms with Crippen LogP contribution in [0, 0.1) is 0 Å². The van der Waals surface area contributed by atoms with Crippen molar-refractivity contribution in [2.75, 3.05) is 17.7 Å². The number of anilines is 2. The van der Waals surface area contributed by atoms with E-state index in [1.54, 1.807) is 31.2 Å². The summed E-state index contributed by atoms with van der Waals surface area (Å²) in [5, 5.41) is 3.01. The summed E-state index contributed by atoms with van der Waals surface area (Å²) in [6, 6.07) is 12.8. The van der Waals surface area contributed by atoms with Gasteiger partial charge in [0.15, 0.2) is 5.65 Å². The lowest BCUT2D eigenvalue weighted by atomic mass is 9.96. The van der Waals surface area contributed by atoms with E-state index in [0.29, 0.717) is 16.8 Å². The summed E-state index contributed by atoms with van der Waals surface area (Å²) in [6.45, 7) is 1.94. The summed E-state index contributed by atoms with van der Waals surface area (Å²) in [7, 11) is 2.79. The second-order valence-corrected chi connectivity index (χ2v) is 8.29. The first kappa shape index (κ1) is 24.7. The number of hydrogen-bond donors (Lipinski definition) is 2. The average molecular weight is 508 g/mol. The van der Waals surface area contributed by atoms with Gasteiger partial charge >= 0.3 is 11.7 Å². The molecule has 0 unspecified atom stereocenters. The van der Waals surface area contributed by atoms with Gasteiger partial charge in [-0.3, -0.25) is 18.7 Å². The summed E-state index contributed by atoms with van der Waals surface area (Å²) in [5.41, 5.74) is 6.14. The highest BCUT2D eigenvalue weighted by atomic mass is 35.5. The number of nitrogens with one attached hydrogen (secondary N) is 1. The fourth-order valence-electron chi connectivity index (χ4n) is 3.87. The number of benzene rings is 2. The van der Waals surface area contributed by atoms with E-state index >= 15 is 0 Å². The average Bonchev–Trinajstić information content (AvgIpc) is 2.86. The Kier molecular flexibility index (Phi) is 6.63. The maximum absolute atomic E-state index is 13.5. The molecule has 36 heavy (non-hydrogen) atoms. The topological polar surface area (TPSA) is 138 Å². The third-order valence-corrected chi connectivity index (χ3v) is 5.97. The Morgan fingerprint density at radius 2 is 1.72 bits per heavy atom. The van der Waals surface area contributed by atoms with Gasteiger partial charge in [-0.1, -0.05) is 29.8 Å². The number of aryl methyl sites for hydroxylation is 1. The third kappa shape index (κ3) is 4.22. The quantitative estimate of drug-likeness (QED) is 0.396. The molecule has 0 fully saturated rings. The Morgan fingerprint density at radius 3 is 2.36 bits per heavy atom. The van der Waals surface area contributed by atoms with Crippen LogP contribution in [-0.2, 0) is 18.8 Å². The predicted octanol–water partition coefficient (Wildman–Crippen LogP) is 2.96. The zero-order chi connectivity index (χ0) is 26.1.